The highest BCUT2D eigenvalue weighted by atomic mass is 79.9. The van der Waals surface area contributed by atoms with E-state index in [0.29, 0.717) is 44.5 Å². The summed E-state index contributed by atoms with van der Waals surface area (Å²) in [6, 6.07) is 85.9. The number of para-hydroxylation sites is 1. The summed E-state index contributed by atoms with van der Waals surface area (Å²) >= 11 is 34.2. The number of hydrogen-bond acceptors (Lipinski definition) is 13. The van der Waals surface area contributed by atoms with E-state index < -0.39 is 0 Å². The Morgan fingerprint density at radius 1 is 0.282 bits per heavy atom. The molecule has 0 aliphatic heterocycles. The van der Waals surface area contributed by atoms with Crippen molar-refractivity contribution in [2.45, 2.75) is 161 Å². The first-order valence-corrected chi connectivity index (χ1v) is 44.7. The molecule has 12 aromatic rings. The van der Waals surface area contributed by atoms with Crippen LogP contribution in [0, 0.1) is 0 Å². The number of pyridine rings is 5. The van der Waals surface area contributed by atoms with Crippen molar-refractivity contribution in [1.82, 2.24) is 62.1 Å². The molecule has 0 bridgehead atoms. The number of benzene rings is 7. The van der Waals surface area contributed by atoms with E-state index in [1.807, 2.05) is 164 Å². The molecule has 14 rings (SSSR count). The van der Waals surface area contributed by atoms with Gasteiger partial charge in [0.15, 0.2) is 0 Å². The SMILES string of the molecule is Brc1ccc(CNCCc2ccccn2)cc1.Brc1cccc(CNCCc2ccccn2)c1.Brc1ccccc1CNCCc1ccccn1.Clc1ccc(CNC2CCCCC2)cc1Cl.Clc1ccc(CNC2CCCCCC2)cc1Cl.Oc1ccccc1CNCCc1ccccn1.c1ccc(CNCCc2ccccn2)cc1. The van der Waals surface area contributed by atoms with Crippen LogP contribution in [0.4, 0.5) is 0 Å². The summed E-state index contributed by atoms with van der Waals surface area (Å²) in [7, 11) is 0. The number of halogens is 7. The molecule has 2 fully saturated rings. The molecule has 0 atom stereocenters. The number of phenols is 1. The summed E-state index contributed by atoms with van der Waals surface area (Å²) in [5, 5.41) is 36.3. The van der Waals surface area contributed by atoms with E-state index >= 15 is 0 Å². The largest absolute Gasteiger partial charge is 0.508 e. The van der Waals surface area contributed by atoms with Gasteiger partial charge < -0.3 is 42.3 Å². The third-order valence-corrected chi connectivity index (χ3v) is 22.5. The van der Waals surface area contributed by atoms with Gasteiger partial charge in [0.25, 0.3) is 0 Å². The lowest BCUT2D eigenvalue weighted by Gasteiger charge is -2.22. The number of hydrogen-bond donors (Lipinski definition) is 8. The van der Waals surface area contributed by atoms with Crippen LogP contribution in [0.1, 0.15) is 138 Å². The lowest BCUT2D eigenvalue weighted by atomic mass is 9.95. The smallest absolute Gasteiger partial charge is 0.120 e. The molecule has 2 aliphatic rings. The molecule has 0 spiro atoms. The number of aromatic nitrogens is 5. The van der Waals surface area contributed by atoms with Gasteiger partial charge in [0.05, 0.1) is 20.1 Å². The molecule has 0 radical (unpaired) electrons. The molecular weight excluding hydrogens is 1730 g/mol. The number of nitrogens with zero attached hydrogens (tertiary/aromatic N) is 5. The summed E-state index contributed by atoms with van der Waals surface area (Å²) in [5.41, 5.74) is 14.2. The molecule has 13 nitrogen and oxygen atoms in total. The van der Waals surface area contributed by atoms with Crippen LogP contribution in [0.15, 0.2) is 299 Å². The molecule has 20 heteroatoms. The van der Waals surface area contributed by atoms with Crippen molar-refractivity contribution in [3.05, 3.63) is 387 Å². The maximum absolute atomic E-state index is 9.57. The van der Waals surface area contributed by atoms with Crippen molar-refractivity contribution in [1.29, 1.82) is 0 Å². The van der Waals surface area contributed by atoms with Gasteiger partial charge in [-0.3, -0.25) is 24.9 Å². The summed E-state index contributed by atoms with van der Waals surface area (Å²) in [6.45, 7) is 10.7. The molecule has 616 valence electrons. The quantitative estimate of drug-likeness (QED) is 0.0153. The predicted octanol–water partition coefficient (Wildman–Crippen LogP) is 23.3. The third kappa shape index (κ3) is 42.3. The fourth-order valence-electron chi connectivity index (χ4n) is 12.7. The van der Waals surface area contributed by atoms with Gasteiger partial charge in [-0.05, 0) is 180 Å². The van der Waals surface area contributed by atoms with Crippen LogP contribution in [0.25, 0.3) is 0 Å². The minimum atomic E-state index is 0.345. The van der Waals surface area contributed by atoms with Gasteiger partial charge in [0.1, 0.15) is 5.75 Å². The number of nitrogens with one attached hydrogen (secondary N) is 7. The maximum Gasteiger partial charge on any atom is 0.120 e. The van der Waals surface area contributed by atoms with Gasteiger partial charge in [-0.25, -0.2) is 0 Å². The average molecular weight is 1840 g/mol. The minimum Gasteiger partial charge on any atom is -0.508 e. The van der Waals surface area contributed by atoms with Gasteiger partial charge in [0, 0.05) is 201 Å². The molecule has 2 aliphatic carbocycles. The molecule has 2 saturated carbocycles. The Bertz CT molecular complexity index is 4420. The number of aromatic hydroxyl groups is 1. The molecule has 117 heavy (non-hydrogen) atoms. The monoisotopic (exact) mass is 1840 g/mol. The highest BCUT2D eigenvalue weighted by Crippen LogP contribution is 2.26. The van der Waals surface area contributed by atoms with Gasteiger partial charge in [-0.1, -0.05) is 273 Å². The van der Waals surface area contributed by atoms with Crippen molar-refractivity contribution in [3.8, 4) is 5.75 Å². The molecule has 5 aromatic heterocycles. The van der Waals surface area contributed by atoms with Crippen molar-refractivity contribution in [2.75, 3.05) is 32.7 Å². The Kier molecular flexibility index (Phi) is 48.0. The van der Waals surface area contributed by atoms with Crippen molar-refractivity contribution in [2.24, 2.45) is 0 Å². The first-order valence-electron chi connectivity index (χ1n) is 40.8. The van der Waals surface area contributed by atoms with Crippen LogP contribution in [0.3, 0.4) is 0 Å². The number of phenolic OH excluding ortho intramolecular Hbond substituents is 1. The highest BCUT2D eigenvalue weighted by Gasteiger charge is 2.14. The summed E-state index contributed by atoms with van der Waals surface area (Å²) in [5.74, 6) is 0.345. The van der Waals surface area contributed by atoms with Gasteiger partial charge in [0.2, 0.25) is 0 Å². The lowest BCUT2D eigenvalue weighted by molar-refractivity contribution is 0.372. The summed E-state index contributed by atoms with van der Waals surface area (Å²) < 4.78 is 3.40. The Morgan fingerprint density at radius 3 is 1.01 bits per heavy atom. The van der Waals surface area contributed by atoms with E-state index in [2.05, 4.69) is 219 Å². The van der Waals surface area contributed by atoms with Crippen LogP contribution in [0.5, 0.6) is 5.75 Å². The predicted molar refractivity (Wildman–Crippen MR) is 500 cm³/mol. The Morgan fingerprint density at radius 2 is 0.615 bits per heavy atom. The fourth-order valence-corrected chi connectivity index (χ4v) is 14.5. The molecule has 0 unspecified atom stereocenters. The van der Waals surface area contributed by atoms with Crippen molar-refractivity contribution in [3.63, 3.8) is 0 Å². The summed E-state index contributed by atoms with van der Waals surface area (Å²) in [4.78, 5) is 21.4. The minimum absolute atomic E-state index is 0.345. The summed E-state index contributed by atoms with van der Waals surface area (Å²) in [6.07, 6.45) is 28.8. The second-order valence-corrected chi connectivity index (χ2v) is 32.8. The second kappa shape index (κ2) is 59.2. The Labute approximate surface area is 741 Å². The van der Waals surface area contributed by atoms with E-state index in [9.17, 15) is 5.11 Å². The molecule has 5 heterocycles. The standard InChI is InChI=1S/3C14H15BrN2.C14H19Cl2N.C14H16N2O.C14H16N2.C13H17Cl2N/c15-13-5-3-4-12(10-13)11-16-9-7-14-6-1-2-8-17-14;15-14-7-2-1-5-12(14)11-16-10-8-13-6-3-4-9-17-13;15-13-6-4-12(5-7-13)11-16-10-8-14-3-1-2-9-17-14;15-13-8-7-11(9-14(13)16)10-17-12-5-3-1-2-4-6-12;17-14-7-2-1-5-12(14)11-15-10-8-13-6-3-4-9-16-13;1-2-6-13(7-3-1)12-15-11-9-14-8-4-5-10-16-14;14-12-7-6-10(8-13(12)15)9-16-11-4-2-1-3-5-11/h1-6,8,10,16H,7,9,11H2;2*1-7,9,16H,8,10-11H2;7-9,12,17H,1-6,10H2;1-7,9,15,17H,8,10-11H2;1-8,10,15H,9,11-12H2;6-8,11,16H,1-5,9H2. The molecule has 8 N–H and O–H groups in total. The van der Waals surface area contributed by atoms with E-state index in [1.165, 1.54) is 104 Å². The van der Waals surface area contributed by atoms with E-state index in [0.717, 1.165) is 152 Å². The normalized spacial score (nSPS) is 12.5. The maximum atomic E-state index is 9.57. The van der Waals surface area contributed by atoms with E-state index in [-0.39, 0.29) is 0 Å². The first kappa shape index (κ1) is 94.9. The van der Waals surface area contributed by atoms with Crippen LogP contribution in [0.2, 0.25) is 20.1 Å². The van der Waals surface area contributed by atoms with Crippen LogP contribution in [-0.4, -0.2) is 74.8 Å². The first-order chi connectivity index (χ1) is 57.4. The van der Waals surface area contributed by atoms with Crippen LogP contribution < -0.4 is 37.2 Å². The zero-order valence-electron chi connectivity index (χ0n) is 66.9. The van der Waals surface area contributed by atoms with E-state index in [1.54, 1.807) is 12.3 Å². The van der Waals surface area contributed by atoms with Crippen molar-refractivity contribution < 1.29 is 5.11 Å². The zero-order chi connectivity index (χ0) is 82.2. The van der Waals surface area contributed by atoms with Crippen LogP contribution in [-0.2, 0) is 77.9 Å². The average Bonchev–Trinajstić information content (AvgIpc) is 1.40. The topological polar surface area (TPSA) is 169 Å². The second-order valence-electron chi connectivity index (χ2n) is 28.5. The molecule has 0 amide bonds. The van der Waals surface area contributed by atoms with Gasteiger partial charge in [-0.2, -0.15) is 0 Å². The van der Waals surface area contributed by atoms with Crippen molar-refractivity contribution >= 4 is 94.2 Å². The fraction of sp³-hybridized carbons (Fsp3) is 0.309. The van der Waals surface area contributed by atoms with Gasteiger partial charge >= 0.3 is 0 Å². The molecular formula is C97H113Br3Cl4N12O. The Balaban J connectivity index is 0.000000170. The Hall–Kier alpha value is -7.59. The molecule has 0 saturated heterocycles. The van der Waals surface area contributed by atoms with E-state index in [4.69, 9.17) is 46.4 Å². The molecule has 7 aromatic carbocycles. The number of rotatable bonds is 31. The lowest BCUT2D eigenvalue weighted by Crippen LogP contribution is -2.30. The van der Waals surface area contributed by atoms with Gasteiger partial charge in [-0.15, -0.1) is 0 Å². The highest BCUT2D eigenvalue weighted by molar-refractivity contribution is 9.11. The third-order valence-electron chi connectivity index (χ3n) is 19.3. The van der Waals surface area contributed by atoms with Crippen LogP contribution >= 0.6 is 94.2 Å². The zero-order valence-corrected chi connectivity index (χ0v) is 74.7.